The van der Waals surface area contributed by atoms with Gasteiger partial charge in [-0.05, 0) is 141 Å². The summed E-state index contributed by atoms with van der Waals surface area (Å²) in [4.78, 5) is 263. The standard InChI is InChI=1S/C95H133N23O20S/c1-10-12-26-73-87(130)106-64(25-18-38-101-95(99)100)83(126)113-72(82(125)103-48-78(98)122)50-139-51-79(123)104-67(42-54-30-34-57(120)35-31-54)90(133)114(6)53(5)81(124)108-69(45-77(97)121)93(136)118-40-20-29-75(118)89(132)111-70(46-96)85(128)109-66(41-52(3)4)92(135)117-39-19-28-74(117)88(131)107-65(43-56-47-102-62-23-16-14-21-59(56)62)84(127)112-71(49-119)86(129)110-68(91(134)116(8)76(27-13-11-2)94(137)115(73)7)44-61-60-22-15-17-24-63(60)105-80(61)55-32-36-58(138-9)37-33-55/h14-17,21-24,30-37,47,52-53,64-76,102,105,119-120H,10-13,18-20,25-29,38-46,48-51,96H2,1-9H3,(H2,97,121)(H2,98,122)(H,103,125)(H,104,123)(H,106,130)(H,107,131)(H,108,124)(H,109,128)(H,110,129)(H,111,132)(H,112,127)(H,113,126)(H4,99,100,101)/t53-,64?,65-,66-,67-,68-,69-,70-,71-,72-,73-,74?,75?,76-/m0/s1. The van der Waals surface area contributed by atoms with Gasteiger partial charge in [-0.25, -0.2) is 0 Å². The number of aromatic nitrogens is 2. The number of carbonyl (C=O) groups is 17. The zero-order valence-corrected chi connectivity index (χ0v) is 80.7. The summed E-state index contributed by atoms with van der Waals surface area (Å²) >= 11 is 0.762. The number of fused-ring (bicyclic) bond motifs is 4. The SMILES string of the molecule is CCCC[C@H]1C(=O)N(C)[C@@H](CCCC)C(=O)NC(CCCNC(=N)N)C(=O)N[C@H](C(=O)NCC(N)=O)CSCC(=O)N[C@@H](Cc2ccc(O)cc2)C(=O)N(C)[C@@H](C)C(=O)N[C@@H](CC(N)=O)C(=O)N2CCCC2C(=O)N[C@@H](CN)C(=O)N[C@@H](CC(C)C)C(=O)N2CCCC2C(=O)N[C@@H](Cc2c[nH]c3ccccc23)C(=O)N[C@@H](CO)C(=O)N[C@@H](Cc2c(-c3ccc(OC)cc3)[nH]c3ccccc23)C(=O)N1C. The Morgan fingerprint density at radius 1 is 0.547 bits per heavy atom. The maximum absolute atomic E-state index is 16.2. The normalized spacial score (nSPS) is 23.8. The Hall–Kier alpha value is -13.9. The molecule has 5 heterocycles. The second-order valence-electron chi connectivity index (χ2n) is 35.6. The summed E-state index contributed by atoms with van der Waals surface area (Å²) in [5.41, 5.74) is 26.9. The fourth-order valence-electron chi connectivity index (χ4n) is 17.3. The molecule has 3 aliphatic heterocycles. The number of likely N-dealkylation sites (N-methyl/N-ethyl adjacent to an activating group) is 3. The van der Waals surface area contributed by atoms with Crippen molar-refractivity contribution in [1.82, 2.24) is 93.0 Å². The van der Waals surface area contributed by atoms with E-state index in [1.165, 1.54) is 64.3 Å². The minimum Gasteiger partial charge on any atom is -0.508 e. The van der Waals surface area contributed by atoms with Crippen LogP contribution in [-0.2, 0) is 101 Å². The van der Waals surface area contributed by atoms with Crippen LogP contribution in [0.5, 0.6) is 11.5 Å². The number of amides is 17. The van der Waals surface area contributed by atoms with Gasteiger partial charge in [0.2, 0.25) is 100 Å². The van der Waals surface area contributed by atoms with Crippen molar-refractivity contribution in [2.24, 2.45) is 28.9 Å². The maximum atomic E-state index is 16.2. The summed E-state index contributed by atoms with van der Waals surface area (Å²) in [6.07, 6.45) is 1.78. The lowest BCUT2D eigenvalue weighted by molar-refractivity contribution is -0.149. The number of para-hydroxylation sites is 2. The zero-order valence-electron chi connectivity index (χ0n) is 79.8. The van der Waals surface area contributed by atoms with Crippen molar-refractivity contribution < 1.29 is 96.5 Å². The van der Waals surface area contributed by atoms with E-state index in [1.807, 2.05) is 19.9 Å². The number of ether oxygens (including phenoxy) is 1. The largest absolute Gasteiger partial charge is 0.508 e. The molecule has 0 radical (unpaired) electrons. The van der Waals surface area contributed by atoms with Crippen molar-refractivity contribution in [2.75, 3.05) is 79.1 Å². The molecule has 4 aromatic carbocycles. The van der Waals surface area contributed by atoms with E-state index in [-0.39, 0.29) is 108 Å². The molecule has 44 heteroatoms. The molecular weight excluding hydrogens is 1820 g/mol. The molecule has 3 aliphatic rings. The number of phenolic OH excluding ortho intramolecular Hbond substituents is 1. The molecule has 14 atom stereocenters. The number of nitrogens with two attached hydrogens (primary N) is 4. The summed E-state index contributed by atoms with van der Waals surface area (Å²) in [6, 6.07) is 5.33. The number of guanidine groups is 1. The molecule has 17 amide bonds. The van der Waals surface area contributed by atoms with Crippen molar-refractivity contribution in [3.8, 4) is 22.8 Å². The van der Waals surface area contributed by atoms with Gasteiger partial charge in [0.05, 0.1) is 32.4 Å². The van der Waals surface area contributed by atoms with Crippen LogP contribution in [0.15, 0.2) is 103 Å². The number of aliphatic hydroxyl groups is 1. The first kappa shape index (κ1) is 109. The van der Waals surface area contributed by atoms with E-state index in [0.717, 1.165) is 31.4 Å². The first-order valence-corrected chi connectivity index (χ1v) is 48.0. The highest BCUT2D eigenvalue weighted by Gasteiger charge is 2.46. The molecule has 0 saturated carbocycles. The van der Waals surface area contributed by atoms with E-state index < -0.39 is 229 Å². The molecule has 3 unspecified atom stereocenters. The number of aliphatic hydroxyl groups excluding tert-OH is 1. The smallest absolute Gasteiger partial charge is 0.246 e. The van der Waals surface area contributed by atoms with Crippen LogP contribution in [0, 0.1) is 11.3 Å². The summed E-state index contributed by atoms with van der Waals surface area (Å²) < 4.78 is 5.51. The number of carbonyl (C=O) groups excluding carboxylic acids is 17. The van der Waals surface area contributed by atoms with E-state index in [9.17, 15) is 53.4 Å². The molecule has 0 aliphatic carbocycles. The summed E-state index contributed by atoms with van der Waals surface area (Å²) in [6.45, 7) is 6.00. The van der Waals surface area contributed by atoms with Crippen LogP contribution in [0.3, 0.4) is 0 Å². The van der Waals surface area contributed by atoms with Crippen LogP contribution in [-0.4, -0.2) is 315 Å². The lowest BCUT2D eigenvalue weighted by Gasteiger charge is -2.36. The Morgan fingerprint density at radius 2 is 1.09 bits per heavy atom. The third-order valence-corrected chi connectivity index (χ3v) is 26.1. The average molecular weight is 1950 g/mol. The second kappa shape index (κ2) is 52.0. The van der Waals surface area contributed by atoms with E-state index >= 15 is 38.4 Å². The maximum Gasteiger partial charge on any atom is 0.246 e. The van der Waals surface area contributed by atoms with Gasteiger partial charge in [0.15, 0.2) is 5.96 Å². The van der Waals surface area contributed by atoms with Crippen LogP contribution in [0.25, 0.3) is 33.1 Å². The third-order valence-electron chi connectivity index (χ3n) is 25.1. The molecule has 139 heavy (non-hydrogen) atoms. The molecule has 3 fully saturated rings. The number of nitrogens with zero attached hydrogens (tertiary/aromatic N) is 5. The lowest BCUT2D eigenvalue weighted by Crippen LogP contribution is -2.62. The number of methoxy groups -OCH3 is 1. The van der Waals surface area contributed by atoms with E-state index in [4.69, 9.17) is 33.1 Å². The highest BCUT2D eigenvalue weighted by molar-refractivity contribution is 8.00. The zero-order chi connectivity index (χ0) is 102. The highest BCUT2D eigenvalue weighted by Crippen LogP contribution is 2.34. The Morgan fingerprint density at radius 3 is 1.69 bits per heavy atom. The number of hydrogen-bond acceptors (Lipinski definition) is 23. The van der Waals surface area contributed by atoms with Crippen LogP contribution in [0.1, 0.15) is 141 Å². The van der Waals surface area contributed by atoms with Crippen molar-refractivity contribution in [3.63, 3.8) is 0 Å². The molecule has 2 aromatic heterocycles. The number of nitrogens with one attached hydrogen (secondary N) is 14. The van der Waals surface area contributed by atoms with Gasteiger partial charge in [0.1, 0.15) is 96.1 Å². The highest BCUT2D eigenvalue weighted by atomic mass is 32.2. The molecule has 0 spiro atoms. The number of rotatable bonds is 27. The van der Waals surface area contributed by atoms with Crippen molar-refractivity contribution in [3.05, 3.63) is 120 Å². The van der Waals surface area contributed by atoms with Gasteiger partial charge >= 0.3 is 0 Å². The van der Waals surface area contributed by atoms with Crippen molar-refractivity contribution in [1.29, 1.82) is 5.41 Å². The van der Waals surface area contributed by atoms with Gasteiger partial charge in [-0.15, -0.1) is 11.8 Å². The van der Waals surface area contributed by atoms with Crippen molar-refractivity contribution >= 4 is 140 Å². The van der Waals surface area contributed by atoms with Gasteiger partial charge < -0.3 is 131 Å². The fraction of sp³-hybridized carbons (Fsp3) is 0.516. The van der Waals surface area contributed by atoms with E-state index in [0.29, 0.717) is 81.2 Å². The summed E-state index contributed by atoms with van der Waals surface area (Å²) in [5.74, 6) is -17.1. The monoisotopic (exact) mass is 1950 g/mol. The van der Waals surface area contributed by atoms with Crippen LogP contribution in [0.4, 0.5) is 0 Å². The number of phenols is 1. The molecular formula is C95H133N23O20S. The first-order chi connectivity index (χ1) is 66.3. The lowest BCUT2D eigenvalue weighted by atomic mass is 9.96. The first-order valence-electron chi connectivity index (χ1n) is 46.8. The molecule has 3 saturated heterocycles. The number of aromatic hydroxyl groups is 1. The minimum absolute atomic E-state index is 0.000249. The van der Waals surface area contributed by atoms with E-state index in [2.05, 4.69) is 68.5 Å². The molecule has 43 nitrogen and oxygen atoms in total. The van der Waals surface area contributed by atoms with Gasteiger partial charge in [-0.1, -0.05) is 102 Å². The minimum atomic E-state index is -1.90. The van der Waals surface area contributed by atoms with Crippen LogP contribution in [0.2, 0.25) is 0 Å². The molecule has 9 rings (SSSR count). The third kappa shape index (κ3) is 29.8. The fourth-order valence-corrected chi connectivity index (χ4v) is 18.1. The van der Waals surface area contributed by atoms with Gasteiger partial charge in [-0.2, -0.15) is 0 Å². The predicted octanol–water partition coefficient (Wildman–Crippen LogP) is -1.23. The average Bonchev–Trinajstić information content (AvgIpc) is 1.65. The van der Waals surface area contributed by atoms with Crippen LogP contribution < -0.4 is 86.2 Å². The molecule has 24 N–H and O–H groups in total. The number of unbranched alkanes of at least 4 members (excludes halogenated alkanes) is 2. The predicted molar refractivity (Wildman–Crippen MR) is 517 cm³/mol. The number of thioether (sulfide) groups is 1. The number of H-pyrrole nitrogens is 2. The summed E-state index contributed by atoms with van der Waals surface area (Å²) in [5, 5.41) is 60.0. The Kier molecular flexibility index (Phi) is 40.7. The topological polar surface area (TPSA) is 648 Å². The Bertz CT molecular complexity index is 5390. The molecule has 0 bridgehead atoms. The quantitative estimate of drug-likeness (QED) is 0.0163. The number of benzene rings is 4. The van der Waals surface area contributed by atoms with Crippen LogP contribution >= 0.6 is 11.8 Å². The van der Waals surface area contributed by atoms with Gasteiger partial charge in [-0.3, -0.25) is 86.9 Å². The number of hydrogen-bond donors (Lipinski definition) is 20. The van der Waals surface area contributed by atoms with Gasteiger partial charge in [0, 0.05) is 106 Å². The van der Waals surface area contributed by atoms with E-state index in [1.54, 1.807) is 86.8 Å². The number of primary amides is 2. The van der Waals surface area contributed by atoms with Gasteiger partial charge in [0.25, 0.3) is 0 Å². The number of aromatic amines is 2. The summed E-state index contributed by atoms with van der Waals surface area (Å²) in [7, 11) is 5.43. The Balaban J connectivity index is 1.12. The molecule has 754 valence electrons. The van der Waals surface area contributed by atoms with Crippen molar-refractivity contribution in [2.45, 2.75) is 228 Å². The molecule has 6 aromatic rings. The second-order valence-corrected chi connectivity index (χ2v) is 36.6. The Labute approximate surface area is 809 Å².